The van der Waals surface area contributed by atoms with Crippen LogP contribution in [0, 0.1) is 11.6 Å². The molecule has 0 atom stereocenters. The van der Waals surface area contributed by atoms with Crippen LogP contribution >= 0.6 is 23.2 Å². The minimum Gasteiger partial charge on any atom is -0.415 e. The molecule has 0 bridgehead atoms. The van der Waals surface area contributed by atoms with Crippen LogP contribution in [0.3, 0.4) is 0 Å². The number of alkyl halides is 4. The average Bonchev–Trinajstić information content (AvgIpc) is 3.63. The van der Waals surface area contributed by atoms with Gasteiger partial charge in [-0.25, -0.2) is 28.7 Å². The number of rotatable bonds is 12. The van der Waals surface area contributed by atoms with Crippen molar-refractivity contribution < 1.29 is 40.3 Å². The molecule has 0 saturated heterocycles. The minimum absolute atomic E-state index is 0.0585. The van der Waals surface area contributed by atoms with Gasteiger partial charge in [0.25, 0.3) is 17.7 Å². The van der Waals surface area contributed by atoms with Crippen molar-refractivity contribution in [3.63, 3.8) is 0 Å². The molecule has 3 aromatic heterocycles. The zero-order valence-electron chi connectivity index (χ0n) is 28.7. The van der Waals surface area contributed by atoms with E-state index in [1.807, 2.05) is 5.32 Å². The van der Waals surface area contributed by atoms with E-state index in [0.29, 0.717) is 40.1 Å². The van der Waals surface area contributed by atoms with Crippen LogP contribution in [0.5, 0.6) is 0 Å². The third-order valence-electron chi connectivity index (χ3n) is 9.85. The first-order valence-corrected chi connectivity index (χ1v) is 17.8. The second-order valence-corrected chi connectivity index (χ2v) is 14.1. The van der Waals surface area contributed by atoms with Gasteiger partial charge in [0, 0.05) is 58.5 Å². The maximum absolute atomic E-state index is 13.4. The van der Waals surface area contributed by atoms with Crippen LogP contribution in [0.25, 0.3) is 11.5 Å². The lowest BCUT2D eigenvalue weighted by molar-refractivity contribution is -0.131. The normalized spacial score (nSPS) is 15.5. The highest BCUT2D eigenvalue weighted by molar-refractivity contribution is 6.31. The molecular weight excluding hydrogens is 775 g/mol. The summed E-state index contributed by atoms with van der Waals surface area (Å²) < 4.78 is 81.0. The molecule has 2 aromatic carbocycles. The van der Waals surface area contributed by atoms with E-state index in [0.717, 1.165) is 49.7 Å². The zero-order valence-corrected chi connectivity index (χ0v) is 30.2. The SMILES string of the molecule is Fc1ccc(C2(Cc3ncc(-c4nnc(C(F)F)o4)cn3)CCC2)c(Cl)c1.O=C(CNC(=O)C(F)F)c1cnc(CC2(c3ccc(F)cc3Cl)CCC2)nc1. The Labute approximate surface area is 320 Å². The molecule has 2 fully saturated rings. The highest BCUT2D eigenvalue weighted by Gasteiger charge is 2.42. The largest absolute Gasteiger partial charge is 0.415 e. The molecule has 0 radical (unpaired) electrons. The van der Waals surface area contributed by atoms with Gasteiger partial charge in [-0.2, -0.15) is 17.6 Å². The predicted octanol–water partition coefficient (Wildman–Crippen LogP) is 8.42. The van der Waals surface area contributed by atoms with Crippen LogP contribution in [0.2, 0.25) is 10.0 Å². The van der Waals surface area contributed by atoms with Gasteiger partial charge in [0.2, 0.25) is 0 Å². The molecule has 3 heterocycles. The van der Waals surface area contributed by atoms with E-state index < -0.39 is 42.8 Å². The highest BCUT2D eigenvalue weighted by Crippen LogP contribution is 2.49. The van der Waals surface area contributed by atoms with Crippen molar-refractivity contribution >= 4 is 34.9 Å². The molecule has 5 aromatic rings. The quantitative estimate of drug-likeness (QED) is 0.0974. The van der Waals surface area contributed by atoms with Gasteiger partial charge in [-0.15, -0.1) is 10.2 Å². The van der Waals surface area contributed by atoms with Gasteiger partial charge >= 0.3 is 12.9 Å². The fourth-order valence-electron chi connectivity index (χ4n) is 6.67. The van der Waals surface area contributed by atoms with E-state index in [9.17, 15) is 35.9 Å². The fraction of sp³-hybridized carbons (Fsp3) is 0.351. The Morgan fingerprint density at radius 2 is 1.24 bits per heavy atom. The van der Waals surface area contributed by atoms with E-state index in [4.69, 9.17) is 27.6 Å². The topological polar surface area (TPSA) is 137 Å². The number of aromatic nitrogens is 6. The summed E-state index contributed by atoms with van der Waals surface area (Å²) in [5.74, 6) is -2.58. The molecule has 1 N–H and O–H groups in total. The summed E-state index contributed by atoms with van der Waals surface area (Å²) in [6.45, 7) is -0.555. The first-order valence-electron chi connectivity index (χ1n) is 17.0. The van der Waals surface area contributed by atoms with Crippen LogP contribution in [0.15, 0.2) is 65.6 Å². The molecule has 2 saturated carbocycles. The van der Waals surface area contributed by atoms with Gasteiger partial charge in [-0.1, -0.05) is 48.2 Å². The number of hydrogen-bond donors (Lipinski definition) is 1. The molecule has 2 aliphatic rings. The van der Waals surface area contributed by atoms with Crippen molar-refractivity contribution in [2.24, 2.45) is 0 Å². The molecule has 2 aliphatic carbocycles. The van der Waals surface area contributed by atoms with Crippen molar-refractivity contribution in [3.8, 4) is 11.5 Å². The van der Waals surface area contributed by atoms with Gasteiger partial charge in [0.1, 0.15) is 23.3 Å². The van der Waals surface area contributed by atoms with E-state index in [1.54, 1.807) is 12.1 Å². The summed E-state index contributed by atoms with van der Waals surface area (Å²) in [7, 11) is 0. The molecule has 10 nitrogen and oxygen atoms in total. The summed E-state index contributed by atoms with van der Waals surface area (Å²) in [6.07, 6.45) is 6.15. The fourth-order valence-corrected chi connectivity index (χ4v) is 7.40. The van der Waals surface area contributed by atoms with Crippen LogP contribution in [-0.4, -0.2) is 54.8 Å². The number of hydrogen-bond acceptors (Lipinski definition) is 9. The second kappa shape index (κ2) is 16.8. The number of halogens is 8. The Morgan fingerprint density at radius 1 is 0.745 bits per heavy atom. The molecular formula is C37H31Cl2F6N7O3. The summed E-state index contributed by atoms with van der Waals surface area (Å²) in [5, 5.41) is 9.47. The van der Waals surface area contributed by atoms with Gasteiger partial charge in [-0.05, 0) is 61.1 Å². The summed E-state index contributed by atoms with van der Waals surface area (Å²) >= 11 is 12.5. The second-order valence-electron chi connectivity index (χ2n) is 13.3. The monoisotopic (exact) mass is 805 g/mol. The number of ketones is 1. The minimum atomic E-state index is -3.18. The molecule has 0 spiro atoms. The van der Waals surface area contributed by atoms with E-state index in [-0.39, 0.29) is 28.1 Å². The number of nitrogens with one attached hydrogen (secondary N) is 1. The Morgan fingerprint density at radius 3 is 1.64 bits per heavy atom. The molecule has 55 heavy (non-hydrogen) atoms. The van der Waals surface area contributed by atoms with Crippen LogP contribution in [0.1, 0.15) is 84.0 Å². The molecule has 1 amide bonds. The van der Waals surface area contributed by atoms with Crippen molar-refractivity contribution in [2.75, 3.05) is 6.54 Å². The van der Waals surface area contributed by atoms with Gasteiger partial charge in [0.15, 0.2) is 5.78 Å². The zero-order chi connectivity index (χ0) is 39.3. The lowest BCUT2D eigenvalue weighted by Crippen LogP contribution is -2.37. The lowest BCUT2D eigenvalue weighted by Gasteiger charge is -2.42. The van der Waals surface area contributed by atoms with Crippen molar-refractivity contribution in [1.29, 1.82) is 0 Å². The van der Waals surface area contributed by atoms with E-state index in [2.05, 4.69) is 30.1 Å². The smallest absolute Gasteiger partial charge is 0.315 e. The van der Waals surface area contributed by atoms with E-state index in [1.165, 1.54) is 49.1 Å². The third-order valence-corrected chi connectivity index (χ3v) is 10.5. The first kappa shape index (κ1) is 39.7. The Balaban J connectivity index is 0.000000187. The van der Waals surface area contributed by atoms with Gasteiger partial charge in [0.05, 0.1) is 17.7 Å². The Bertz CT molecular complexity index is 2150. The number of nitrogens with zero attached hydrogens (tertiary/aromatic N) is 6. The van der Waals surface area contributed by atoms with Crippen molar-refractivity contribution in [1.82, 2.24) is 35.5 Å². The average molecular weight is 807 g/mol. The Kier molecular flexibility index (Phi) is 12.1. The number of carbonyl (C=O) groups is 2. The van der Waals surface area contributed by atoms with Gasteiger partial charge in [-0.3, -0.25) is 9.59 Å². The van der Waals surface area contributed by atoms with Crippen LogP contribution < -0.4 is 5.32 Å². The van der Waals surface area contributed by atoms with Crippen molar-refractivity contribution in [3.05, 3.63) is 117 Å². The van der Waals surface area contributed by atoms with Crippen LogP contribution in [-0.2, 0) is 28.5 Å². The molecule has 7 rings (SSSR count). The number of carbonyl (C=O) groups excluding carboxylic acids is 2. The van der Waals surface area contributed by atoms with Crippen molar-refractivity contribution in [2.45, 2.75) is 75.0 Å². The summed E-state index contributed by atoms with van der Waals surface area (Å²) in [4.78, 5) is 39.8. The molecule has 0 unspecified atom stereocenters. The predicted molar refractivity (Wildman–Crippen MR) is 187 cm³/mol. The third kappa shape index (κ3) is 9.13. The Hall–Kier alpha value is -4.96. The maximum Gasteiger partial charge on any atom is 0.315 e. The molecule has 0 aliphatic heterocycles. The molecule has 18 heteroatoms. The summed E-state index contributed by atoms with van der Waals surface area (Å²) in [6, 6.07) is 8.78. The first-order chi connectivity index (χ1) is 26.3. The molecule has 288 valence electrons. The number of benzene rings is 2. The summed E-state index contributed by atoms with van der Waals surface area (Å²) in [5.41, 5.74) is 1.71. The highest BCUT2D eigenvalue weighted by atomic mass is 35.5. The van der Waals surface area contributed by atoms with Gasteiger partial charge < -0.3 is 9.73 Å². The standard InChI is InChI=1S/C19H17ClF3N3O2.C18H14ClF3N4O/c20-14-6-12(21)2-3-13(14)19(4-1-5-19)7-16-24-8-11(9-25-16)15(27)10-26-18(28)17(22)23;19-13-6-11(20)2-3-12(13)18(4-1-5-18)7-14-23-8-10(9-24-14)16-25-26-17(27-16)15(21)22/h2-3,6,8-9,17H,1,4-5,7,10H2,(H,26,28);2-3,6,8-9,15H,1,4-5,7H2. The van der Waals surface area contributed by atoms with Crippen LogP contribution in [0.4, 0.5) is 26.3 Å². The van der Waals surface area contributed by atoms with E-state index >= 15 is 0 Å². The number of amides is 1. The number of Topliss-reactive ketones (excluding diaryl/α,β-unsaturated/α-hetero) is 1. The maximum atomic E-state index is 13.4. The lowest BCUT2D eigenvalue weighted by atomic mass is 9.62.